The normalized spacial score (nSPS) is 11.5. The molecule has 0 aromatic heterocycles. The van der Waals surface area contributed by atoms with Crippen molar-refractivity contribution >= 4 is 52.5 Å². The molecule has 0 saturated carbocycles. The van der Waals surface area contributed by atoms with Gasteiger partial charge >= 0.3 is 5.97 Å². The van der Waals surface area contributed by atoms with Crippen LogP contribution in [0.4, 0.5) is 11.4 Å². The summed E-state index contributed by atoms with van der Waals surface area (Å²) in [7, 11) is 0. The van der Waals surface area contributed by atoms with Gasteiger partial charge in [-0.05, 0) is 48.4 Å². The zero-order chi connectivity index (χ0) is 23.8. The van der Waals surface area contributed by atoms with E-state index in [1.165, 1.54) is 11.8 Å². The average molecular weight is 483 g/mol. The lowest BCUT2D eigenvalue weighted by Crippen LogP contribution is -2.19. The highest BCUT2D eigenvalue weighted by atomic mass is 35.5. The van der Waals surface area contributed by atoms with Crippen LogP contribution in [0.15, 0.2) is 77.7 Å². The van der Waals surface area contributed by atoms with Crippen molar-refractivity contribution in [2.75, 3.05) is 10.6 Å². The van der Waals surface area contributed by atoms with Crippen molar-refractivity contribution in [1.82, 2.24) is 0 Å². The number of aliphatic carboxylic acids is 1. The lowest BCUT2D eigenvalue weighted by atomic mass is 10.1. The monoisotopic (exact) mass is 482 g/mol. The molecule has 33 heavy (non-hydrogen) atoms. The van der Waals surface area contributed by atoms with Gasteiger partial charge in [0.2, 0.25) is 11.8 Å². The number of amides is 2. The number of hydrogen-bond donors (Lipinski definition) is 3. The molecule has 0 bridgehead atoms. The summed E-state index contributed by atoms with van der Waals surface area (Å²) in [5.41, 5.74) is 2.91. The average Bonchev–Trinajstić information content (AvgIpc) is 2.79. The molecular weight excluding hydrogens is 460 g/mol. The molecule has 0 fully saturated rings. The Morgan fingerprint density at radius 1 is 0.939 bits per heavy atom. The molecule has 3 aromatic rings. The van der Waals surface area contributed by atoms with E-state index in [0.717, 1.165) is 16.0 Å². The number of rotatable bonds is 9. The minimum atomic E-state index is -1.03. The molecule has 8 heteroatoms. The number of carbonyl (C=O) groups excluding carboxylic acids is 2. The van der Waals surface area contributed by atoms with Crippen molar-refractivity contribution in [3.05, 3.63) is 88.9 Å². The van der Waals surface area contributed by atoms with Crippen LogP contribution in [0.3, 0.4) is 0 Å². The number of halogens is 1. The summed E-state index contributed by atoms with van der Waals surface area (Å²) >= 11 is 7.45. The molecule has 0 aliphatic carbocycles. The van der Waals surface area contributed by atoms with Crippen LogP contribution in [0.25, 0.3) is 0 Å². The third kappa shape index (κ3) is 7.37. The first kappa shape index (κ1) is 24.4. The van der Waals surface area contributed by atoms with E-state index >= 15 is 0 Å². The van der Waals surface area contributed by atoms with E-state index in [1.807, 2.05) is 49.4 Å². The van der Waals surface area contributed by atoms with Crippen molar-refractivity contribution in [1.29, 1.82) is 0 Å². The van der Waals surface area contributed by atoms with Crippen LogP contribution in [-0.4, -0.2) is 22.9 Å². The number of anilines is 2. The van der Waals surface area contributed by atoms with Crippen LogP contribution in [0.5, 0.6) is 0 Å². The Kier molecular flexibility index (Phi) is 8.52. The van der Waals surface area contributed by atoms with E-state index in [-0.39, 0.29) is 24.7 Å². The number of benzene rings is 3. The van der Waals surface area contributed by atoms with E-state index in [4.69, 9.17) is 16.7 Å². The highest BCUT2D eigenvalue weighted by Gasteiger charge is 2.23. The molecule has 3 N–H and O–H groups in total. The Morgan fingerprint density at radius 3 is 2.42 bits per heavy atom. The largest absolute Gasteiger partial charge is 0.481 e. The number of hydrogen-bond acceptors (Lipinski definition) is 4. The second-order valence-electron chi connectivity index (χ2n) is 7.33. The molecular formula is C25H23ClN2O4S. The molecule has 0 spiro atoms. The minimum absolute atomic E-state index is 0.110. The minimum Gasteiger partial charge on any atom is -0.481 e. The zero-order valence-electron chi connectivity index (χ0n) is 17.9. The predicted octanol–water partition coefficient (Wildman–Crippen LogP) is 5.92. The van der Waals surface area contributed by atoms with Crippen molar-refractivity contribution in [3.63, 3.8) is 0 Å². The molecule has 0 radical (unpaired) electrons. The molecule has 3 aromatic carbocycles. The van der Waals surface area contributed by atoms with Crippen LogP contribution >= 0.6 is 23.4 Å². The first-order valence-electron chi connectivity index (χ1n) is 10.2. The number of aryl methyl sites for hydroxylation is 1. The fourth-order valence-corrected chi connectivity index (χ4v) is 4.31. The molecule has 2 amide bonds. The third-order valence-corrected chi connectivity index (χ3v) is 6.22. The van der Waals surface area contributed by atoms with Gasteiger partial charge in [-0.15, -0.1) is 11.8 Å². The van der Waals surface area contributed by atoms with Gasteiger partial charge in [0.1, 0.15) is 5.25 Å². The Hall–Kier alpha value is -3.29. The van der Waals surface area contributed by atoms with E-state index in [1.54, 1.807) is 30.3 Å². The Balaban J connectivity index is 1.80. The van der Waals surface area contributed by atoms with Crippen molar-refractivity contribution in [3.8, 4) is 0 Å². The van der Waals surface area contributed by atoms with Crippen LogP contribution in [0.1, 0.15) is 29.2 Å². The maximum Gasteiger partial charge on any atom is 0.303 e. The molecule has 1 atom stereocenters. The molecule has 0 aliphatic heterocycles. The van der Waals surface area contributed by atoms with Gasteiger partial charge < -0.3 is 15.7 Å². The summed E-state index contributed by atoms with van der Waals surface area (Å²) in [6.45, 7) is 1.90. The maximum atomic E-state index is 13.3. The van der Waals surface area contributed by atoms with Crippen LogP contribution in [0.2, 0.25) is 5.02 Å². The summed E-state index contributed by atoms with van der Waals surface area (Å²) in [4.78, 5) is 36.7. The molecule has 3 rings (SSSR count). The fourth-order valence-electron chi connectivity index (χ4n) is 3.06. The Bertz CT molecular complexity index is 1150. The van der Waals surface area contributed by atoms with Crippen LogP contribution < -0.4 is 10.6 Å². The van der Waals surface area contributed by atoms with Crippen LogP contribution in [-0.2, 0) is 14.4 Å². The van der Waals surface area contributed by atoms with Gasteiger partial charge in [0.15, 0.2) is 0 Å². The van der Waals surface area contributed by atoms with E-state index in [9.17, 15) is 14.4 Å². The van der Waals surface area contributed by atoms with Gasteiger partial charge in [0.25, 0.3) is 0 Å². The standard InChI is InChI=1S/C25H23ClN2O4S/c1-16-10-11-18(26)14-21(16)28-25(32)24(17-6-3-2-4-7-17)33-20-9-5-8-19(15-20)27-22(29)12-13-23(30)31/h2-11,14-15,24H,12-13H2,1H3,(H,27,29)(H,28,32)(H,30,31). The van der Waals surface area contributed by atoms with Gasteiger partial charge in [-0.3, -0.25) is 14.4 Å². The molecule has 0 aliphatic rings. The fraction of sp³-hybridized carbons (Fsp3) is 0.160. The van der Waals surface area contributed by atoms with Crippen molar-refractivity contribution in [2.45, 2.75) is 29.9 Å². The lowest BCUT2D eigenvalue weighted by Gasteiger charge is -2.18. The van der Waals surface area contributed by atoms with E-state index in [2.05, 4.69) is 10.6 Å². The molecule has 6 nitrogen and oxygen atoms in total. The summed E-state index contributed by atoms with van der Waals surface area (Å²) in [6, 6.07) is 21.9. The van der Waals surface area contributed by atoms with Gasteiger partial charge in [0, 0.05) is 27.7 Å². The number of thioether (sulfide) groups is 1. The Morgan fingerprint density at radius 2 is 1.70 bits per heavy atom. The lowest BCUT2D eigenvalue weighted by molar-refractivity contribution is -0.138. The highest BCUT2D eigenvalue weighted by Crippen LogP contribution is 2.37. The number of carbonyl (C=O) groups is 3. The smallest absolute Gasteiger partial charge is 0.303 e. The number of carboxylic acids is 1. The summed E-state index contributed by atoms with van der Waals surface area (Å²) < 4.78 is 0. The molecule has 0 saturated heterocycles. The second kappa shape index (κ2) is 11.5. The summed E-state index contributed by atoms with van der Waals surface area (Å²) in [5.74, 6) is -1.61. The maximum absolute atomic E-state index is 13.3. The van der Waals surface area contributed by atoms with E-state index < -0.39 is 11.2 Å². The van der Waals surface area contributed by atoms with Gasteiger partial charge in [-0.1, -0.05) is 54.1 Å². The van der Waals surface area contributed by atoms with Crippen molar-refractivity contribution in [2.24, 2.45) is 0 Å². The van der Waals surface area contributed by atoms with Crippen molar-refractivity contribution < 1.29 is 19.5 Å². The Labute approximate surface area is 201 Å². The number of carboxylic acid groups (broad SMARTS) is 1. The topological polar surface area (TPSA) is 95.5 Å². The second-order valence-corrected chi connectivity index (χ2v) is 8.94. The molecule has 1 unspecified atom stereocenters. The predicted molar refractivity (Wildman–Crippen MR) is 132 cm³/mol. The van der Waals surface area contributed by atoms with Gasteiger partial charge in [-0.2, -0.15) is 0 Å². The first-order valence-corrected chi connectivity index (χ1v) is 11.5. The first-order chi connectivity index (χ1) is 15.8. The molecule has 170 valence electrons. The molecule has 0 heterocycles. The van der Waals surface area contributed by atoms with Crippen LogP contribution in [0, 0.1) is 6.92 Å². The van der Waals surface area contributed by atoms with Gasteiger partial charge in [0.05, 0.1) is 6.42 Å². The van der Waals surface area contributed by atoms with Gasteiger partial charge in [-0.25, -0.2) is 0 Å². The quantitative estimate of drug-likeness (QED) is 0.329. The zero-order valence-corrected chi connectivity index (χ0v) is 19.5. The third-order valence-electron chi connectivity index (χ3n) is 4.74. The summed E-state index contributed by atoms with van der Waals surface area (Å²) in [6.07, 6.45) is -0.347. The SMILES string of the molecule is Cc1ccc(Cl)cc1NC(=O)C(Sc1cccc(NC(=O)CCC(=O)O)c1)c1ccccc1. The number of nitrogens with one attached hydrogen (secondary N) is 2. The van der Waals surface area contributed by atoms with E-state index in [0.29, 0.717) is 16.4 Å². The highest BCUT2D eigenvalue weighted by molar-refractivity contribution is 8.00. The summed E-state index contributed by atoms with van der Waals surface area (Å²) in [5, 5.41) is 14.4.